The van der Waals surface area contributed by atoms with E-state index in [0.717, 1.165) is 23.6 Å². The van der Waals surface area contributed by atoms with Gasteiger partial charge in [-0.05, 0) is 11.5 Å². The maximum atomic E-state index is 10.6. The third kappa shape index (κ3) is 3.61. The van der Waals surface area contributed by atoms with Gasteiger partial charge in [-0.25, -0.2) is 4.98 Å². The molecule has 6 nitrogen and oxygen atoms in total. The monoisotopic (exact) mass is 260 g/mol. The second kappa shape index (κ2) is 5.60. The highest BCUT2D eigenvalue weighted by Gasteiger charge is 2.08. The van der Waals surface area contributed by atoms with E-state index in [0.29, 0.717) is 12.3 Å². The molecule has 1 aromatic heterocycles. The van der Waals surface area contributed by atoms with Gasteiger partial charge in [0.1, 0.15) is 5.82 Å². The molecule has 1 heterocycles. The van der Waals surface area contributed by atoms with Gasteiger partial charge in [-0.3, -0.25) is 15.2 Å². The molecule has 2 aromatic rings. The van der Waals surface area contributed by atoms with Crippen LogP contribution in [0.1, 0.15) is 31.1 Å². The number of nitrogens with zero attached hydrogens (tertiary/aromatic N) is 3. The average molecular weight is 260 g/mol. The summed E-state index contributed by atoms with van der Waals surface area (Å²) >= 11 is 0. The van der Waals surface area contributed by atoms with E-state index in [1.807, 2.05) is 0 Å². The number of nitro benzene ring substituents is 1. The smallest absolute Gasteiger partial charge is 0.263 e. The highest BCUT2D eigenvalue weighted by atomic mass is 16.6. The number of aromatic nitrogens is 3. The van der Waals surface area contributed by atoms with Gasteiger partial charge < -0.3 is 0 Å². The molecule has 0 saturated heterocycles. The van der Waals surface area contributed by atoms with Gasteiger partial charge in [-0.1, -0.05) is 26.0 Å². The number of aromatic amines is 1. The lowest BCUT2D eigenvalue weighted by Gasteiger charge is -1.98. The predicted octanol–water partition coefficient (Wildman–Crippen LogP) is 2.50. The molecule has 100 valence electrons. The third-order valence-corrected chi connectivity index (χ3v) is 2.69. The van der Waals surface area contributed by atoms with Crippen molar-refractivity contribution in [3.8, 4) is 0 Å². The first-order chi connectivity index (χ1) is 9.04. The standard InChI is InChI=1S/C13H16N4O2/c1-9(2)7-12-14-13(16-15-12)8-10-3-5-11(6-4-10)17(18)19/h3-6,9H,7-8H2,1-2H3,(H,14,15,16). The molecule has 0 fully saturated rings. The number of hydrogen-bond donors (Lipinski definition) is 1. The number of nitro groups is 1. The highest BCUT2D eigenvalue weighted by Crippen LogP contribution is 2.14. The van der Waals surface area contributed by atoms with Crippen molar-refractivity contribution in [1.82, 2.24) is 15.2 Å². The SMILES string of the molecule is CC(C)Cc1n[nH]c(Cc2ccc([N+](=O)[O-])cc2)n1. The molecule has 1 N–H and O–H groups in total. The van der Waals surface area contributed by atoms with Gasteiger partial charge in [0.05, 0.1) is 4.92 Å². The molecular formula is C13H16N4O2. The summed E-state index contributed by atoms with van der Waals surface area (Å²) in [5.74, 6) is 2.11. The fourth-order valence-electron chi connectivity index (χ4n) is 1.80. The van der Waals surface area contributed by atoms with Crippen LogP contribution in [0.3, 0.4) is 0 Å². The summed E-state index contributed by atoms with van der Waals surface area (Å²) < 4.78 is 0. The lowest BCUT2D eigenvalue weighted by molar-refractivity contribution is -0.384. The molecule has 0 radical (unpaired) electrons. The minimum Gasteiger partial charge on any atom is -0.263 e. The summed E-state index contributed by atoms with van der Waals surface area (Å²) in [7, 11) is 0. The summed E-state index contributed by atoms with van der Waals surface area (Å²) in [5.41, 5.74) is 1.07. The Morgan fingerprint density at radius 2 is 2.00 bits per heavy atom. The Labute approximate surface area is 111 Å². The summed E-state index contributed by atoms with van der Waals surface area (Å²) in [5, 5.41) is 17.6. The molecule has 2 rings (SSSR count). The number of benzene rings is 1. The van der Waals surface area contributed by atoms with Crippen molar-refractivity contribution < 1.29 is 4.92 Å². The van der Waals surface area contributed by atoms with Gasteiger partial charge in [-0.15, -0.1) is 0 Å². The van der Waals surface area contributed by atoms with Crippen LogP contribution in [-0.2, 0) is 12.8 Å². The zero-order valence-electron chi connectivity index (χ0n) is 11.0. The van der Waals surface area contributed by atoms with E-state index < -0.39 is 4.92 Å². The highest BCUT2D eigenvalue weighted by molar-refractivity contribution is 5.33. The number of rotatable bonds is 5. The van der Waals surface area contributed by atoms with E-state index in [9.17, 15) is 10.1 Å². The molecular weight excluding hydrogens is 244 g/mol. The fraction of sp³-hybridized carbons (Fsp3) is 0.385. The Morgan fingerprint density at radius 1 is 1.32 bits per heavy atom. The summed E-state index contributed by atoms with van der Waals surface area (Å²) in [4.78, 5) is 14.6. The molecule has 1 aromatic carbocycles. The first kappa shape index (κ1) is 13.2. The number of H-pyrrole nitrogens is 1. The van der Waals surface area contributed by atoms with Gasteiger partial charge in [0.15, 0.2) is 5.82 Å². The molecule has 0 amide bonds. The minimum atomic E-state index is -0.404. The number of nitrogens with one attached hydrogen (secondary N) is 1. The Hall–Kier alpha value is -2.24. The molecule has 0 spiro atoms. The van der Waals surface area contributed by atoms with Gasteiger partial charge in [0, 0.05) is 25.0 Å². The van der Waals surface area contributed by atoms with Crippen LogP contribution in [0.5, 0.6) is 0 Å². The van der Waals surface area contributed by atoms with Gasteiger partial charge in [-0.2, -0.15) is 5.10 Å². The normalized spacial score (nSPS) is 10.9. The first-order valence-electron chi connectivity index (χ1n) is 6.18. The zero-order valence-corrected chi connectivity index (χ0v) is 11.0. The maximum absolute atomic E-state index is 10.6. The van der Waals surface area contributed by atoms with E-state index in [1.165, 1.54) is 12.1 Å². The molecule has 6 heteroatoms. The second-order valence-electron chi connectivity index (χ2n) is 4.90. The van der Waals surface area contributed by atoms with Crippen molar-refractivity contribution in [2.45, 2.75) is 26.7 Å². The predicted molar refractivity (Wildman–Crippen MR) is 70.8 cm³/mol. The van der Waals surface area contributed by atoms with Crippen molar-refractivity contribution in [2.75, 3.05) is 0 Å². The second-order valence-corrected chi connectivity index (χ2v) is 4.90. The molecule has 0 atom stereocenters. The Balaban J connectivity index is 2.04. The fourth-order valence-corrected chi connectivity index (χ4v) is 1.80. The average Bonchev–Trinajstić information content (AvgIpc) is 2.76. The minimum absolute atomic E-state index is 0.0989. The van der Waals surface area contributed by atoms with Crippen LogP contribution in [0.25, 0.3) is 0 Å². The molecule has 0 unspecified atom stereocenters. The van der Waals surface area contributed by atoms with Crippen molar-refractivity contribution in [3.63, 3.8) is 0 Å². The third-order valence-electron chi connectivity index (χ3n) is 2.69. The van der Waals surface area contributed by atoms with Crippen LogP contribution in [0, 0.1) is 16.0 Å². The number of hydrogen-bond acceptors (Lipinski definition) is 4. The zero-order chi connectivity index (χ0) is 13.8. The van der Waals surface area contributed by atoms with Gasteiger partial charge in [0.25, 0.3) is 5.69 Å². The lowest BCUT2D eigenvalue weighted by atomic mass is 10.1. The quantitative estimate of drug-likeness (QED) is 0.661. The van der Waals surface area contributed by atoms with Crippen molar-refractivity contribution in [2.24, 2.45) is 5.92 Å². The first-order valence-corrected chi connectivity index (χ1v) is 6.18. The van der Waals surface area contributed by atoms with E-state index >= 15 is 0 Å². The largest absolute Gasteiger partial charge is 0.269 e. The lowest BCUT2D eigenvalue weighted by Crippen LogP contribution is -1.96. The Bertz CT molecular complexity index is 560. The summed E-state index contributed by atoms with van der Waals surface area (Å²) in [6, 6.07) is 6.48. The molecule has 0 bridgehead atoms. The van der Waals surface area contributed by atoms with Crippen LogP contribution in [0.4, 0.5) is 5.69 Å². The maximum Gasteiger partial charge on any atom is 0.269 e. The molecule has 19 heavy (non-hydrogen) atoms. The molecule has 0 aliphatic rings. The van der Waals surface area contributed by atoms with Crippen LogP contribution in [0.2, 0.25) is 0 Å². The summed E-state index contributed by atoms with van der Waals surface area (Å²) in [6.07, 6.45) is 1.44. The Morgan fingerprint density at radius 3 is 2.58 bits per heavy atom. The van der Waals surface area contributed by atoms with Crippen molar-refractivity contribution >= 4 is 5.69 Å². The van der Waals surface area contributed by atoms with E-state index in [-0.39, 0.29) is 5.69 Å². The van der Waals surface area contributed by atoms with E-state index in [4.69, 9.17) is 0 Å². The number of non-ortho nitro benzene ring substituents is 1. The van der Waals surface area contributed by atoms with Crippen molar-refractivity contribution in [3.05, 3.63) is 51.6 Å². The molecule has 0 saturated carbocycles. The summed E-state index contributed by atoms with van der Waals surface area (Å²) in [6.45, 7) is 4.23. The van der Waals surface area contributed by atoms with Crippen LogP contribution in [0.15, 0.2) is 24.3 Å². The van der Waals surface area contributed by atoms with Crippen LogP contribution in [-0.4, -0.2) is 20.1 Å². The molecule has 0 aliphatic heterocycles. The van der Waals surface area contributed by atoms with E-state index in [2.05, 4.69) is 29.0 Å². The Kier molecular flexibility index (Phi) is 3.89. The topological polar surface area (TPSA) is 84.7 Å². The van der Waals surface area contributed by atoms with Gasteiger partial charge in [0.2, 0.25) is 0 Å². The molecule has 0 aliphatic carbocycles. The van der Waals surface area contributed by atoms with Crippen LogP contribution < -0.4 is 0 Å². The van der Waals surface area contributed by atoms with E-state index in [1.54, 1.807) is 12.1 Å². The van der Waals surface area contributed by atoms with Crippen LogP contribution >= 0.6 is 0 Å². The van der Waals surface area contributed by atoms with Crippen molar-refractivity contribution in [1.29, 1.82) is 0 Å². The van der Waals surface area contributed by atoms with Gasteiger partial charge >= 0.3 is 0 Å².